The molecule has 142 valence electrons. The zero-order valence-corrected chi connectivity index (χ0v) is 15.9. The monoisotopic (exact) mass is 367 g/mol. The molecule has 0 spiro atoms. The number of carbonyl (C=O) groups is 1. The van der Waals surface area contributed by atoms with Crippen LogP contribution in [-0.2, 0) is 9.63 Å². The molecule has 0 aliphatic carbocycles. The van der Waals surface area contributed by atoms with Crippen LogP contribution in [0.3, 0.4) is 0 Å². The fourth-order valence-corrected chi connectivity index (χ4v) is 3.04. The summed E-state index contributed by atoms with van der Waals surface area (Å²) in [4.78, 5) is 20.1. The molecule has 2 aromatic carbocycles. The molecule has 6 nitrogen and oxygen atoms in total. The summed E-state index contributed by atoms with van der Waals surface area (Å²) in [5.74, 6) is 0.582. The third-order valence-corrected chi connectivity index (χ3v) is 4.65. The highest BCUT2D eigenvalue weighted by molar-refractivity contribution is 6.06. The molecule has 6 heteroatoms. The molecule has 0 bridgehead atoms. The van der Waals surface area contributed by atoms with Crippen molar-refractivity contribution < 1.29 is 14.4 Å². The van der Waals surface area contributed by atoms with Gasteiger partial charge in [0.25, 0.3) is 5.91 Å². The van der Waals surface area contributed by atoms with Crippen molar-refractivity contribution in [2.75, 3.05) is 30.4 Å². The average molecular weight is 367 g/mol. The lowest BCUT2D eigenvalue weighted by Gasteiger charge is -2.21. The summed E-state index contributed by atoms with van der Waals surface area (Å²) in [6.45, 7) is 6.14. The van der Waals surface area contributed by atoms with Crippen LogP contribution in [0.5, 0.6) is 5.75 Å². The Kier molecular flexibility index (Phi) is 5.96. The van der Waals surface area contributed by atoms with Crippen molar-refractivity contribution in [1.82, 2.24) is 0 Å². The molecule has 0 aromatic heterocycles. The largest absolute Gasteiger partial charge is 0.497 e. The van der Waals surface area contributed by atoms with E-state index in [2.05, 4.69) is 29.2 Å². The summed E-state index contributed by atoms with van der Waals surface area (Å²) in [6, 6.07) is 15.4. The second kappa shape index (κ2) is 8.58. The van der Waals surface area contributed by atoms with E-state index in [0.717, 1.165) is 41.5 Å². The number of ether oxygens (including phenoxy) is 1. The van der Waals surface area contributed by atoms with Crippen molar-refractivity contribution in [3.8, 4) is 5.75 Å². The van der Waals surface area contributed by atoms with Gasteiger partial charge in [0.2, 0.25) is 6.10 Å². The van der Waals surface area contributed by atoms with Crippen LogP contribution in [0.1, 0.15) is 25.8 Å². The molecule has 1 N–H and O–H groups in total. The number of benzene rings is 2. The topological polar surface area (TPSA) is 63.2 Å². The minimum Gasteiger partial charge on any atom is -0.497 e. The van der Waals surface area contributed by atoms with Crippen molar-refractivity contribution in [3.05, 3.63) is 54.1 Å². The molecule has 2 aromatic rings. The molecule has 1 amide bonds. The summed E-state index contributed by atoms with van der Waals surface area (Å²) < 4.78 is 5.16. The lowest BCUT2D eigenvalue weighted by Crippen LogP contribution is -2.28. The third-order valence-electron chi connectivity index (χ3n) is 4.65. The maximum absolute atomic E-state index is 12.5. The van der Waals surface area contributed by atoms with Gasteiger partial charge in [0.05, 0.1) is 12.8 Å². The van der Waals surface area contributed by atoms with Crippen molar-refractivity contribution in [2.45, 2.75) is 26.4 Å². The van der Waals surface area contributed by atoms with Gasteiger partial charge in [0.15, 0.2) is 0 Å². The number of carbonyl (C=O) groups excluding carboxylic acids is 1. The minimum absolute atomic E-state index is 0.196. The van der Waals surface area contributed by atoms with Gasteiger partial charge in [0.1, 0.15) is 5.75 Å². The number of oxime groups is 1. The Balaban J connectivity index is 1.58. The number of nitrogens with zero attached hydrogens (tertiary/aromatic N) is 2. The molecule has 1 aliphatic rings. The van der Waals surface area contributed by atoms with Gasteiger partial charge < -0.3 is 19.8 Å². The van der Waals surface area contributed by atoms with Crippen LogP contribution in [0.15, 0.2) is 53.7 Å². The molecule has 0 unspecified atom stereocenters. The van der Waals surface area contributed by atoms with Gasteiger partial charge in [-0.15, -0.1) is 0 Å². The van der Waals surface area contributed by atoms with Crippen molar-refractivity contribution in [3.63, 3.8) is 0 Å². The highest BCUT2D eigenvalue weighted by atomic mass is 16.6. The van der Waals surface area contributed by atoms with E-state index in [1.54, 1.807) is 7.11 Å². The van der Waals surface area contributed by atoms with E-state index in [-0.39, 0.29) is 5.91 Å². The first-order valence-corrected chi connectivity index (χ1v) is 9.17. The van der Waals surface area contributed by atoms with E-state index >= 15 is 0 Å². The average Bonchev–Trinajstić information content (AvgIpc) is 3.21. The lowest BCUT2D eigenvalue weighted by molar-refractivity contribution is -0.125. The van der Waals surface area contributed by atoms with Crippen LogP contribution < -0.4 is 15.0 Å². The molecule has 27 heavy (non-hydrogen) atoms. The standard InChI is InChI=1S/C21H25N3O3/c1-4-24(5-2)17-10-8-16(9-11-17)22-21(25)20-14-19(23-27-20)15-6-12-18(26-3)13-7-15/h6-13,20H,4-5,14H2,1-3H3,(H,22,25)/t20-/m1/s1. The smallest absolute Gasteiger partial charge is 0.268 e. The van der Waals surface area contributed by atoms with Crippen LogP contribution in [0, 0.1) is 0 Å². The second-order valence-electron chi connectivity index (χ2n) is 6.27. The quantitative estimate of drug-likeness (QED) is 0.811. The summed E-state index contributed by atoms with van der Waals surface area (Å²) >= 11 is 0. The predicted molar refractivity (Wildman–Crippen MR) is 108 cm³/mol. The third kappa shape index (κ3) is 4.39. The normalized spacial score (nSPS) is 15.7. The van der Waals surface area contributed by atoms with E-state index in [1.165, 1.54) is 0 Å². The van der Waals surface area contributed by atoms with Gasteiger partial charge in [-0.05, 0) is 67.9 Å². The van der Waals surface area contributed by atoms with E-state index in [9.17, 15) is 4.79 Å². The summed E-state index contributed by atoms with van der Waals surface area (Å²) in [5.41, 5.74) is 3.57. The second-order valence-corrected chi connectivity index (χ2v) is 6.27. The number of hydrogen-bond acceptors (Lipinski definition) is 5. The number of anilines is 2. The highest BCUT2D eigenvalue weighted by Gasteiger charge is 2.29. The Morgan fingerprint density at radius 2 is 1.81 bits per heavy atom. The molecule has 0 radical (unpaired) electrons. The number of nitrogens with one attached hydrogen (secondary N) is 1. The number of methoxy groups -OCH3 is 1. The molecule has 1 atom stereocenters. The Labute approximate surface area is 159 Å². The molecule has 0 saturated carbocycles. The fraction of sp³-hybridized carbons (Fsp3) is 0.333. The van der Waals surface area contributed by atoms with E-state index < -0.39 is 6.10 Å². The first kappa shape index (κ1) is 18.8. The predicted octanol–water partition coefficient (Wildman–Crippen LogP) is 3.67. The SMILES string of the molecule is CCN(CC)c1ccc(NC(=O)[C@H]2CC(c3ccc(OC)cc3)=NO2)cc1. The summed E-state index contributed by atoms with van der Waals surface area (Å²) in [7, 11) is 1.63. The van der Waals surface area contributed by atoms with Gasteiger partial charge in [-0.3, -0.25) is 4.79 Å². The van der Waals surface area contributed by atoms with Crippen LogP contribution in [0.2, 0.25) is 0 Å². The molecule has 3 rings (SSSR count). The Morgan fingerprint density at radius 1 is 1.15 bits per heavy atom. The summed E-state index contributed by atoms with van der Waals surface area (Å²) in [6.07, 6.45) is -0.181. The van der Waals surface area contributed by atoms with Crippen molar-refractivity contribution in [1.29, 1.82) is 0 Å². The van der Waals surface area contributed by atoms with Gasteiger partial charge in [-0.25, -0.2) is 0 Å². The van der Waals surface area contributed by atoms with Crippen LogP contribution in [-0.4, -0.2) is 37.9 Å². The van der Waals surface area contributed by atoms with Gasteiger partial charge in [0, 0.05) is 30.9 Å². The first-order chi connectivity index (χ1) is 13.1. The maximum atomic E-state index is 12.5. The number of rotatable bonds is 7. The zero-order valence-electron chi connectivity index (χ0n) is 15.9. The van der Waals surface area contributed by atoms with Crippen molar-refractivity contribution >= 4 is 23.0 Å². The highest BCUT2D eigenvalue weighted by Crippen LogP contribution is 2.22. The molecule has 0 saturated heterocycles. The zero-order chi connectivity index (χ0) is 19.2. The summed E-state index contributed by atoms with van der Waals surface area (Å²) in [5, 5.41) is 6.97. The van der Waals surface area contributed by atoms with Gasteiger partial charge in [-0.1, -0.05) is 5.16 Å². The van der Waals surface area contributed by atoms with Crippen LogP contribution >= 0.6 is 0 Å². The molecule has 1 aliphatic heterocycles. The Bertz CT molecular complexity index is 796. The number of hydrogen-bond donors (Lipinski definition) is 1. The van der Waals surface area contributed by atoms with Gasteiger partial charge in [-0.2, -0.15) is 0 Å². The first-order valence-electron chi connectivity index (χ1n) is 9.17. The Hall–Kier alpha value is -3.02. The molecular weight excluding hydrogens is 342 g/mol. The molecular formula is C21H25N3O3. The van der Waals surface area contributed by atoms with Gasteiger partial charge >= 0.3 is 0 Å². The van der Waals surface area contributed by atoms with Crippen LogP contribution in [0.25, 0.3) is 0 Å². The van der Waals surface area contributed by atoms with E-state index in [4.69, 9.17) is 9.57 Å². The van der Waals surface area contributed by atoms with E-state index in [0.29, 0.717) is 6.42 Å². The fourth-order valence-electron chi connectivity index (χ4n) is 3.04. The number of amides is 1. The maximum Gasteiger partial charge on any atom is 0.268 e. The molecule has 0 fully saturated rings. The Morgan fingerprint density at radius 3 is 2.41 bits per heavy atom. The van der Waals surface area contributed by atoms with Crippen molar-refractivity contribution in [2.24, 2.45) is 5.16 Å². The van der Waals surface area contributed by atoms with Crippen LogP contribution in [0.4, 0.5) is 11.4 Å². The minimum atomic E-state index is -0.621. The molecule has 1 heterocycles. The van der Waals surface area contributed by atoms with E-state index in [1.807, 2.05) is 48.5 Å². The lowest BCUT2D eigenvalue weighted by atomic mass is 10.0.